The van der Waals surface area contributed by atoms with Gasteiger partial charge in [0, 0.05) is 18.1 Å². The number of rotatable bonds is 4. The molecule has 5 nitrogen and oxygen atoms in total. The SMILES string of the molecule is COc1cc2c(cc1OC)CN(C(=O)NC(C)c1ccc(Cl)cc1)CC2. The highest BCUT2D eigenvalue weighted by molar-refractivity contribution is 6.30. The lowest BCUT2D eigenvalue weighted by molar-refractivity contribution is 0.189. The number of fused-ring (bicyclic) bond motifs is 1. The molecule has 1 aliphatic rings. The molecule has 0 fully saturated rings. The lowest BCUT2D eigenvalue weighted by atomic mass is 9.99. The predicted molar refractivity (Wildman–Crippen MR) is 102 cm³/mol. The summed E-state index contributed by atoms with van der Waals surface area (Å²) in [6, 6.07) is 11.3. The molecule has 0 saturated carbocycles. The molecule has 0 aliphatic carbocycles. The Morgan fingerprint density at radius 1 is 1.12 bits per heavy atom. The first-order valence-corrected chi connectivity index (χ1v) is 8.94. The quantitative estimate of drug-likeness (QED) is 0.873. The maximum absolute atomic E-state index is 12.7. The first-order chi connectivity index (χ1) is 12.5. The molecule has 6 heteroatoms. The van der Waals surface area contributed by atoms with Crippen molar-refractivity contribution in [2.24, 2.45) is 0 Å². The highest BCUT2D eigenvalue weighted by Crippen LogP contribution is 2.33. The maximum Gasteiger partial charge on any atom is 0.318 e. The number of carbonyl (C=O) groups excluding carboxylic acids is 1. The Labute approximate surface area is 158 Å². The number of benzene rings is 2. The number of hydrogen-bond donors (Lipinski definition) is 1. The van der Waals surface area contributed by atoms with Gasteiger partial charge in [-0.2, -0.15) is 0 Å². The molecule has 3 rings (SSSR count). The number of nitrogens with one attached hydrogen (secondary N) is 1. The van der Waals surface area contributed by atoms with Crippen LogP contribution >= 0.6 is 11.6 Å². The van der Waals surface area contributed by atoms with Crippen molar-refractivity contribution >= 4 is 17.6 Å². The van der Waals surface area contributed by atoms with E-state index in [1.54, 1.807) is 14.2 Å². The Morgan fingerprint density at radius 3 is 2.35 bits per heavy atom. The third-order valence-corrected chi connectivity index (χ3v) is 4.97. The van der Waals surface area contributed by atoms with Crippen molar-refractivity contribution in [2.75, 3.05) is 20.8 Å². The highest BCUT2D eigenvalue weighted by Gasteiger charge is 2.23. The van der Waals surface area contributed by atoms with Crippen LogP contribution in [0.1, 0.15) is 29.7 Å². The van der Waals surface area contributed by atoms with E-state index in [-0.39, 0.29) is 12.1 Å². The van der Waals surface area contributed by atoms with Crippen LogP contribution in [0.2, 0.25) is 5.02 Å². The van der Waals surface area contributed by atoms with Gasteiger partial charge >= 0.3 is 6.03 Å². The van der Waals surface area contributed by atoms with Crippen molar-refractivity contribution in [2.45, 2.75) is 25.9 Å². The molecule has 1 aliphatic heterocycles. The summed E-state index contributed by atoms with van der Waals surface area (Å²) in [5.41, 5.74) is 3.30. The molecule has 1 unspecified atom stereocenters. The molecule has 138 valence electrons. The van der Waals surface area contributed by atoms with Crippen LogP contribution in [0.5, 0.6) is 11.5 Å². The predicted octanol–water partition coefficient (Wildman–Crippen LogP) is 4.19. The summed E-state index contributed by atoms with van der Waals surface area (Å²) >= 11 is 5.92. The summed E-state index contributed by atoms with van der Waals surface area (Å²) in [6.07, 6.45) is 0.790. The average Bonchev–Trinajstić information content (AvgIpc) is 2.66. The summed E-state index contributed by atoms with van der Waals surface area (Å²) in [7, 11) is 3.25. The zero-order valence-electron chi connectivity index (χ0n) is 15.2. The van der Waals surface area contributed by atoms with Gasteiger partial charge in [-0.05, 0) is 54.3 Å². The number of halogens is 1. The number of ether oxygens (including phenoxy) is 2. The van der Waals surface area contributed by atoms with E-state index in [4.69, 9.17) is 21.1 Å². The molecule has 1 heterocycles. The second-order valence-electron chi connectivity index (χ2n) is 6.37. The van der Waals surface area contributed by atoms with Gasteiger partial charge in [0.2, 0.25) is 0 Å². The van der Waals surface area contributed by atoms with Crippen LogP contribution < -0.4 is 14.8 Å². The van der Waals surface area contributed by atoms with Crippen LogP contribution in [0.4, 0.5) is 4.79 Å². The van der Waals surface area contributed by atoms with Crippen LogP contribution in [-0.2, 0) is 13.0 Å². The first-order valence-electron chi connectivity index (χ1n) is 8.56. The molecular formula is C20H23ClN2O3. The summed E-state index contributed by atoms with van der Waals surface area (Å²) in [5, 5.41) is 3.74. The number of carbonyl (C=O) groups is 1. The molecule has 0 saturated heterocycles. The minimum atomic E-state index is -0.0911. The monoisotopic (exact) mass is 374 g/mol. The van der Waals surface area contributed by atoms with Gasteiger partial charge in [-0.1, -0.05) is 23.7 Å². The zero-order chi connectivity index (χ0) is 18.7. The van der Waals surface area contributed by atoms with Gasteiger partial charge in [-0.25, -0.2) is 4.79 Å². The van der Waals surface area contributed by atoms with Gasteiger partial charge in [-0.3, -0.25) is 0 Å². The molecule has 2 aromatic rings. The molecule has 1 N–H and O–H groups in total. The van der Waals surface area contributed by atoms with Gasteiger partial charge in [0.25, 0.3) is 0 Å². The molecule has 1 atom stereocenters. The summed E-state index contributed by atoms with van der Waals surface area (Å²) in [5.74, 6) is 1.41. The molecule has 2 amide bonds. The number of urea groups is 1. The van der Waals surface area contributed by atoms with Crippen LogP contribution in [0.25, 0.3) is 0 Å². The highest BCUT2D eigenvalue weighted by atomic mass is 35.5. The molecule has 0 radical (unpaired) electrons. The van der Waals surface area contributed by atoms with Gasteiger partial charge in [0.15, 0.2) is 11.5 Å². The lowest BCUT2D eigenvalue weighted by Crippen LogP contribution is -2.43. The van der Waals surface area contributed by atoms with E-state index in [9.17, 15) is 4.79 Å². The Kier molecular flexibility index (Phi) is 5.57. The van der Waals surface area contributed by atoms with Gasteiger partial charge < -0.3 is 19.7 Å². The standard InChI is InChI=1S/C20H23ClN2O3/c1-13(14-4-6-17(21)7-5-14)22-20(24)23-9-8-15-10-18(25-2)19(26-3)11-16(15)12-23/h4-7,10-11,13H,8-9,12H2,1-3H3,(H,22,24). The van der Waals surface area contributed by atoms with E-state index >= 15 is 0 Å². The topological polar surface area (TPSA) is 50.8 Å². The van der Waals surface area contributed by atoms with Crippen molar-refractivity contribution in [1.29, 1.82) is 0 Å². The number of hydrogen-bond acceptors (Lipinski definition) is 3. The van der Waals surface area contributed by atoms with Crippen LogP contribution in [0, 0.1) is 0 Å². The third kappa shape index (κ3) is 3.88. The largest absolute Gasteiger partial charge is 0.493 e. The third-order valence-electron chi connectivity index (χ3n) is 4.72. The molecule has 0 bridgehead atoms. The lowest BCUT2D eigenvalue weighted by Gasteiger charge is -2.31. The minimum absolute atomic E-state index is 0.0760. The second kappa shape index (κ2) is 7.87. The minimum Gasteiger partial charge on any atom is -0.493 e. The number of amides is 2. The average molecular weight is 375 g/mol. The van der Waals surface area contributed by atoms with Gasteiger partial charge in [0.05, 0.1) is 20.3 Å². The number of nitrogens with zero attached hydrogens (tertiary/aromatic N) is 1. The Balaban J connectivity index is 1.69. The summed E-state index contributed by atoms with van der Waals surface area (Å²) < 4.78 is 10.7. The smallest absolute Gasteiger partial charge is 0.318 e. The molecule has 26 heavy (non-hydrogen) atoms. The Morgan fingerprint density at radius 2 is 1.73 bits per heavy atom. The molecule has 0 aromatic heterocycles. The van der Waals surface area contributed by atoms with Gasteiger partial charge in [-0.15, -0.1) is 0 Å². The Hall–Kier alpha value is -2.40. The summed E-state index contributed by atoms with van der Waals surface area (Å²) in [4.78, 5) is 14.5. The van der Waals surface area contributed by atoms with Crippen LogP contribution in [0.15, 0.2) is 36.4 Å². The first kappa shape index (κ1) is 18.4. The van der Waals surface area contributed by atoms with Crippen LogP contribution in [0.3, 0.4) is 0 Å². The van der Waals surface area contributed by atoms with Gasteiger partial charge in [0.1, 0.15) is 0 Å². The van der Waals surface area contributed by atoms with Crippen molar-refractivity contribution in [3.8, 4) is 11.5 Å². The molecular weight excluding hydrogens is 352 g/mol. The van der Waals surface area contributed by atoms with E-state index in [0.717, 1.165) is 23.3 Å². The Bertz CT molecular complexity index is 792. The van der Waals surface area contributed by atoms with Crippen molar-refractivity contribution in [3.63, 3.8) is 0 Å². The van der Waals surface area contributed by atoms with Crippen molar-refractivity contribution in [3.05, 3.63) is 58.1 Å². The molecule has 2 aromatic carbocycles. The zero-order valence-corrected chi connectivity index (χ0v) is 16.0. The van der Waals surface area contributed by atoms with E-state index in [1.165, 1.54) is 5.56 Å². The summed E-state index contributed by atoms with van der Waals surface area (Å²) in [6.45, 7) is 3.18. The fraction of sp³-hybridized carbons (Fsp3) is 0.350. The normalized spacial score (nSPS) is 14.4. The fourth-order valence-electron chi connectivity index (χ4n) is 3.17. The van der Waals surface area contributed by atoms with E-state index in [2.05, 4.69) is 5.32 Å². The second-order valence-corrected chi connectivity index (χ2v) is 6.81. The van der Waals surface area contributed by atoms with Crippen molar-refractivity contribution < 1.29 is 14.3 Å². The number of methoxy groups -OCH3 is 2. The maximum atomic E-state index is 12.7. The van der Waals surface area contributed by atoms with E-state index in [0.29, 0.717) is 23.9 Å². The van der Waals surface area contributed by atoms with Crippen molar-refractivity contribution in [1.82, 2.24) is 10.2 Å². The molecule has 0 spiro atoms. The van der Waals surface area contributed by atoms with E-state index < -0.39 is 0 Å². The van der Waals surface area contributed by atoms with Crippen LogP contribution in [-0.4, -0.2) is 31.7 Å². The fourth-order valence-corrected chi connectivity index (χ4v) is 3.29. The van der Waals surface area contributed by atoms with E-state index in [1.807, 2.05) is 48.2 Å².